The van der Waals surface area contributed by atoms with Gasteiger partial charge in [0.15, 0.2) is 3.92 Å². The summed E-state index contributed by atoms with van der Waals surface area (Å²) in [5, 5.41) is 5.18. The number of nitrogens with zero attached hydrogens (tertiary/aromatic N) is 2. The molecule has 0 aliphatic carbocycles. The maximum Gasteiger partial charge on any atom is 0.159 e. The Kier molecular flexibility index (Phi) is 17.2. The molecule has 0 fully saturated rings. The summed E-state index contributed by atoms with van der Waals surface area (Å²) >= 11 is 10.6. The number of thiazole rings is 2. The predicted octanol–water partition coefficient (Wildman–Crippen LogP) is 12.2. The Labute approximate surface area is 283 Å². The largest absolute Gasteiger partial charge is 0.244 e. The van der Waals surface area contributed by atoms with Crippen LogP contribution in [-0.4, -0.2) is 26.1 Å². The summed E-state index contributed by atoms with van der Waals surface area (Å²) < 4.78 is 4.36. The van der Waals surface area contributed by atoms with Crippen molar-refractivity contribution >= 4 is 86.4 Å². The smallest absolute Gasteiger partial charge is 0.159 e. The standard InChI is InChI=1S/C16H25NS2Si.C14H26SSi.C3H2BrNS/c1-5-6-7-8-9-13-12-14(15-17-10-11-18-15)19-16(13)20(2,3)4;1-6-7-8-9-10-13-11-12(2)15-14(13)16(3,4)5;4-3-5-1-2-6-3/h10-12H,5-9H2,1-4H3;11H,6-10H2,1-5H3;1-2H. The molecule has 0 atom stereocenters. The zero-order valence-corrected chi connectivity index (χ0v) is 34.3. The van der Waals surface area contributed by atoms with E-state index in [9.17, 15) is 0 Å². The topological polar surface area (TPSA) is 25.8 Å². The summed E-state index contributed by atoms with van der Waals surface area (Å²) in [6, 6.07) is 4.85. The number of rotatable bonds is 13. The lowest BCUT2D eigenvalue weighted by molar-refractivity contribution is 0.668. The fourth-order valence-corrected chi connectivity index (χ4v) is 13.6. The van der Waals surface area contributed by atoms with Crippen LogP contribution in [0.3, 0.4) is 0 Å². The lowest BCUT2D eigenvalue weighted by Gasteiger charge is -2.16. The van der Waals surface area contributed by atoms with Crippen LogP contribution in [0.2, 0.25) is 39.3 Å². The molecular weight excluding hydrogens is 689 g/mol. The van der Waals surface area contributed by atoms with Crippen molar-refractivity contribution in [1.29, 1.82) is 0 Å². The van der Waals surface area contributed by atoms with E-state index in [0.29, 0.717) is 0 Å². The first-order valence-corrected chi connectivity index (χ1v) is 26.7. The number of hydrogen-bond acceptors (Lipinski definition) is 6. The van der Waals surface area contributed by atoms with Crippen molar-refractivity contribution in [1.82, 2.24) is 9.97 Å². The molecule has 0 spiro atoms. The Bertz CT molecular complexity index is 1250. The molecule has 0 saturated heterocycles. The van der Waals surface area contributed by atoms with Gasteiger partial charge in [-0.3, -0.25) is 0 Å². The van der Waals surface area contributed by atoms with Crippen molar-refractivity contribution in [2.75, 3.05) is 0 Å². The third kappa shape index (κ3) is 13.7. The molecule has 0 amide bonds. The van der Waals surface area contributed by atoms with E-state index in [1.807, 2.05) is 34.3 Å². The molecule has 4 aromatic rings. The van der Waals surface area contributed by atoms with E-state index in [2.05, 4.69) is 103 Å². The van der Waals surface area contributed by atoms with Gasteiger partial charge >= 0.3 is 0 Å². The van der Waals surface area contributed by atoms with E-state index >= 15 is 0 Å². The van der Waals surface area contributed by atoms with Crippen molar-refractivity contribution in [2.45, 2.75) is 124 Å². The first-order chi connectivity index (χ1) is 19.9. The third-order valence-electron chi connectivity index (χ3n) is 6.75. The molecule has 0 N–H and O–H groups in total. The first-order valence-electron chi connectivity index (χ1n) is 15.5. The van der Waals surface area contributed by atoms with Crippen LogP contribution < -0.4 is 9.00 Å². The second-order valence-electron chi connectivity index (χ2n) is 12.9. The van der Waals surface area contributed by atoms with Gasteiger partial charge in [0.05, 0.1) is 21.0 Å². The second kappa shape index (κ2) is 19.2. The zero-order valence-electron chi connectivity index (χ0n) is 27.4. The fourth-order valence-electron chi connectivity index (χ4n) is 4.78. The quantitative estimate of drug-likeness (QED) is 0.101. The van der Waals surface area contributed by atoms with Crippen LogP contribution in [0.5, 0.6) is 0 Å². The molecule has 234 valence electrons. The predicted molar refractivity (Wildman–Crippen MR) is 206 cm³/mol. The van der Waals surface area contributed by atoms with E-state index in [-0.39, 0.29) is 0 Å². The molecule has 42 heavy (non-hydrogen) atoms. The minimum atomic E-state index is -1.24. The summed E-state index contributed by atoms with van der Waals surface area (Å²) in [5.74, 6) is 0. The van der Waals surface area contributed by atoms with Gasteiger partial charge in [-0.05, 0) is 80.8 Å². The summed E-state index contributed by atoms with van der Waals surface area (Å²) in [5.41, 5.74) is 3.27. The fraction of sp³-hybridized carbons (Fsp3) is 0.576. The van der Waals surface area contributed by atoms with E-state index < -0.39 is 16.1 Å². The Morgan fingerprint density at radius 1 is 0.667 bits per heavy atom. The highest BCUT2D eigenvalue weighted by Crippen LogP contribution is 2.30. The molecule has 9 heteroatoms. The van der Waals surface area contributed by atoms with Gasteiger partial charge in [0.25, 0.3) is 0 Å². The first kappa shape index (κ1) is 37.8. The van der Waals surface area contributed by atoms with Gasteiger partial charge < -0.3 is 0 Å². The van der Waals surface area contributed by atoms with Gasteiger partial charge in [-0.1, -0.05) is 91.7 Å². The third-order valence-corrected chi connectivity index (χ3v) is 18.6. The number of aromatic nitrogens is 2. The van der Waals surface area contributed by atoms with Crippen LogP contribution in [0.25, 0.3) is 9.88 Å². The van der Waals surface area contributed by atoms with Gasteiger partial charge in [-0.25, -0.2) is 9.97 Å². The molecule has 0 unspecified atom stereocenters. The number of thiophene rings is 2. The zero-order chi connectivity index (χ0) is 31.2. The van der Waals surface area contributed by atoms with E-state index in [4.69, 9.17) is 0 Å². The van der Waals surface area contributed by atoms with Crippen LogP contribution in [0.4, 0.5) is 0 Å². The lowest BCUT2D eigenvalue weighted by Crippen LogP contribution is -2.37. The number of unbranched alkanes of at least 4 members (excludes halogenated alkanes) is 6. The monoisotopic (exact) mass is 740 g/mol. The van der Waals surface area contributed by atoms with E-state index in [1.165, 1.54) is 79.0 Å². The van der Waals surface area contributed by atoms with Gasteiger partial charge in [0.2, 0.25) is 0 Å². The maximum absolute atomic E-state index is 4.48. The van der Waals surface area contributed by atoms with Crippen molar-refractivity contribution in [3.8, 4) is 9.88 Å². The average molecular weight is 742 g/mol. The number of hydrogen-bond donors (Lipinski definition) is 0. The summed E-state index contributed by atoms with van der Waals surface area (Å²) in [4.78, 5) is 11.2. The second-order valence-corrected chi connectivity index (χ2v) is 29.0. The Hall–Kier alpha value is -0.426. The van der Waals surface area contributed by atoms with Crippen LogP contribution in [-0.2, 0) is 12.8 Å². The van der Waals surface area contributed by atoms with Crippen molar-refractivity contribution in [3.05, 3.63) is 55.2 Å². The van der Waals surface area contributed by atoms with E-state index in [0.717, 1.165) is 3.92 Å². The van der Waals surface area contributed by atoms with Gasteiger partial charge in [-0.15, -0.1) is 34.0 Å². The van der Waals surface area contributed by atoms with Crippen LogP contribution >= 0.6 is 61.3 Å². The molecular formula is C33H53BrN2S4Si2. The van der Waals surface area contributed by atoms with Crippen LogP contribution in [0, 0.1) is 6.92 Å². The van der Waals surface area contributed by atoms with Crippen LogP contribution in [0.15, 0.2) is 39.2 Å². The molecule has 0 aliphatic rings. The molecule has 4 rings (SSSR count). The van der Waals surface area contributed by atoms with Crippen molar-refractivity contribution < 1.29 is 0 Å². The highest BCUT2D eigenvalue weighted by atomic mass is 79.9. The van der Waals surface area contributed by atoms with Gasteiger partial charge in [0.1, 0.15) is 5.01 Å². The summed E-state index contributed by atoms with van der Waals surface area (Å²) in [7, 11) is -2.35. The van der Waals surface area contributed by atoms with Crippen LogP contribution in [0.1, 0.15) is 81.2 Å². The summed E-state index contributed by atoms with van der Waals surface area (Å²) in [6.45, 7) is 21.6. The Balaban J connectivity index is 0.000000249. The molecule has 4 aromatic heterocycles. The molecule has 4 heterocycles. The molecule has 0 aliphatic heterocycles. The SMILES string of the molecule is Brc1nccs1.CCCCCCc1cc(-c2nccs2)sc1[Si](C)(C)C.CCCCCCc1cc(C)sc1[Si](C)(C)C. The molecule has 2 nitrogen and oxygen atoms in total. The highest BCUT2D eigenvalue weighted by Gasteiger charge is 2.24. The highest BCUT2D eigenvalue weighted by molar-refractivity contribution is 9.11. The number of halogens is 1. The average Bonchev–Trinajstić information content (AvgIpc) is 3.72. The Morgan fingerprint density at radius 2 is 1.19 bits per heavy atom. The van der Waals surface area contributed by atoms with Gasteiger partial charge in [-0.2, -0.15) is 11.3 Å². The molecule has 0 bridgehead atoms. The summed E-state index contributed by atoms with van der Waals surface area (Å²) in [6.07, 6.45) is 17.1. The minimum Gasteiger partial charge on any atom is -0.244 e. The molecule has 0 saturated carbocycles. The molecule has 0 radical (unpaired) electrons. The normalized spacial score (nSPS) is 11.6. The minimum absolute atomic E-state index is 0.947. The van der Waals surface area contributed by atoms with Crippen molar-refractivity contribution in [2.24, 2.45) is 0 Å². The number of aryl methyl sites for hydroxylation is 3. The maximum atomic E-state index is 4.48. The van der Waals surface area contributed by atoms with Crippen molar-refractivity contribution in [3.63, 3.8) is 0 Å². The van der Waals surface area contributed by atoms with Gasteiger partial charge in [0, 0.05) is 28.0 Å². The Morgan fingerprint density at radius 3 is 1.62 bits per heavy atom. The molecule has 0 aromatic carbocycles. The lowest BCUT2D eigenvalue weighted by atomic mass is 10.1. The van der Waals surface area contributed by atoms with E-state index in [1.54, 1.807) is 49.0 Å².